The van der Waals surface area contributed by atoms with Gasteiger partial charge in [-0.15, -0.1) is 0 Å². The first-order valence-electron chi connectivity index (χ1n) is 11.3. The van der Waals surface area contributed by atoms with E-state index in [1.165, 1.54) is 16.7 Å². The fourth-order valence-electron chi connectivity index (χ4n) is 4.86. The summed E-state index contributed by atoms with van der Waals surface area (Å²) in [5, 5.41) is 9.71. The van der Waals surface area contributed by atoms with Crippen LogP contribution in [0.3, 0.4) is 0 Å². The van der Waals surface area contributed by atoms with Gasteiger partial charge in [0.25, 0.3) is 5.91 Å². The molecule has 0 radical (unpaired) electrons. The van der Waals surface area contributed by atoms with Gasteiger partial charge in [-0.2, -0.15) is 0 Å². The van der Waals surface area contributed by atoms with Gasteiger partial charge in [-0.3, -0.25) is 14.7 Å². The molecule has 0 saturated heterocycles. The van der Waals surface area contributed by atoms with Gasteiger partial charge in [0.15, 0.2) is 0 Å². The summed E-state index contributed by atoms with van der Waals surface area (Å²) in [6.45, 7) is 8.55. The summed E-state index contributed by atoms with van der Waals surface area (Å²) < 4.78 is 6.21. The van der Waals surface area contributed by atoms with Crippen LogP contribution in [0, 0.1) is 27.7 Å². The Bertz CT molecular complexity index is 1310. The van der Waals surface area contributed by atoms with Crippen molar-refractivity contribution in [2.75, 3.05) is 4.90 Å². The van der Waals surface area contributed by atoms with Crippen molar-refractivity contribution >= 4 is 23.5 Å². The average Bonchev–Trinajstić information content (AvgIpc) is 3.13. The highest BCUT2D eigenvalue weighted by Gasteiger charge is 2.36. The van der Waals surface area contributed by atoms with Gasteiger partial charge in [-0.05, 0) is 84.8 Å². The lowest BCUT2D eigenvalue weighted by Gasteiger charge is -2.22. The number of rotatable bonds is 4. The Labute approximate surface area is 194 Å². The smallest absolute Gasteiger partial charge is 0.261 e. The van der Waals surface area contributed by atoms with E-state index in [1.54, 1.807) is 0 Å². The van der Waals surface area contributed by atoms with Gasteiger partial charge < -0.3 is 9.84 Å². The highest BCUT2D eigenvalue weighted by atomic mass is 16.5. The number of nitrogens with zero attached hydrogens (tertiary/aromatic N) is 2. The molecule has 5 nitrogen and oxygen atoms in total. The number of aliphatic hydroxyl groups is 1. The van der Waals surface area contributed by atoms with Crippen LogP contribution in [0.1, 0.15) is 49.3 Å². The lowest BCUT2D eigenvalue weighted by atomic mass is 9.94. The molecule has 0 unspecified atom stereocenters. The van der Waals surface area contributed by atoms with Gasteiger partial charge in [0.05, 0.1) is 23.9 Å². The highest BCUT2D eigenvalue weighted by molar-refractivity contribution is 6.14. The molecule has 33 heavy (non-hydrogen) atoms. The molecule has 1 atom stereocenters. The zero-order valence-corrected chi connectivity index (χ0v) is 19.5. The van der Waals surface area contributed by atoms with E-state index in [-0.39, 0.29) is 18.6 Å². The van der Waals surface area contributed by atoms with Crippen molar-refractivity contribution in [2.24, 2.45) is 4.99 Å². The first kappa shape index (κ1) is 21.4. The maximum Gasteiger partial charge on any atom is 0.261 e. The summed E-state index contributed by atoms with van der Waals surface area (Å²) in [6.07, 6.45) is 2.66. The van der Waals surface area contributed by atoms with Crippen LogP contribution in [-0.2, 0) is 19.6 Å². The third-order valence-corrected chi connectivity index (χ3v) is 7.13. The molecule has 2 aliphatic heterocycles. The van der Waals surface area contributed by atoms with E-state index < -0.39 is 0 Å². The third-order valence-electron chi connectivity index (χ3n) is 7.13. The maximum atomic E-state index is 13.5. The van der Waals surface area contributed by atoms with E-state index >= 15 is 0 Å². The lowest BCUT2D eigenvalue weighted by molar-refractivity contribution is 0.0987. The van der Waals surface area contributed by atoms with Gasteiger partial charge in [0.2, 0.25) is 0 Å². The highest BCUT2D eigenvalue weighted by Crippen LogP contribution is 2.38. The summed E-state index contributed by atoms with van der Waals surface area (Å²) in [7, 11) is 0. The Morgan fingerprint density at radius 2 is 1.79 bits per heavy atom. The normalized spacial score (nSPS) is 16.3. The van der Waals surface area contributed by atoms with Crippen molar-refractivity contribution < 1.29 is 14.6 Å². The lowest BCUT2D eigenvalue weighted by Crippen LogP contribution is -2.37. The summed E-state index contributed by atoms with van der Waals surface area (Å²) in [5.41, 5.74) is 9.71. The number of anilines is 1. The predicted octanol–water partition coefficient (Wildman–Crippen LogP) is 5.28. The molecule has 2 aliphatic rings. The van der Waals surface area contributed by atoms with Crippen LogP contribution in [0.15, 0.2) is 47.5 Å². The second kappa shape index (κ2) is 8.16. The number of carbonyl (C=O) groups is 1. The summed E-state index contributed by atoms with van der Waals surface area (Å²) in [6, 6.07) is 13.8. The van der Waals surface area contributed by atoms with Crippen LogP contribution < -0.4 is 9.64 Å². The molecule has 2 heterocycles. The molecule has 0 aromatic heterocycles. The van der Waals surface area contributed by atoms with Crippen molar-refractivity contribution in [1.82, 2.24) is 0 Å². The topological polar surface area (TPSA) is 62.1 Å². The fraction of sp³-hybridized carbons (Fsp3) is 0.286. The van der Waals surface area contributed by atoms with Crippen molar-refractivity contribution in [1.29, 1.82) is 0 Å². The Kier molecular flexibility index (Phi) is 5.29. The van der Waals surface area contributed by atoms with Crippen LogP contribution in [0.4, 0.5) is 11.4 Å². The molecule has 3 aromatic rings. The fourth-order valence-corrected chi connectivity index (χ4v) is 4.86. The molecule has 0 fully saturated rings. The molecule has 0 saturated carbocycles. The van der Waals surface area contributed by atoms with Crippen LogP contribution in [0.2, 0.25) is 0 Å². The Morgan fingerprint density at radius 3 is 2.58 bits per heavy atom. The minimum Gasteiger partial charge on any atom is -0.489 e. The van der Waals surface area contributed by atoms with E-state index in [9.17, 15) is 9.90 Å². The van der Waals surface area contributed by atoms with Gasteiger partial charge in [-0.25, -0.2) is 0 Å². The van der Waals surface area contributed by atoms with Gasteiger partial charge in [0, 0.05) is 24.4 Å². The van der Waals surface area contributed by atoms with Crippen LogP contribution in [0.5, 0.6) is 5.75 Å². The minimum absolute atomic E-state index is 0.00937. The van der Waals surface area contributed by atoms with E-state index in [2.05, 4.69) is 24.9 Å². The zero-order chi connectivity index (χ0) is 23.3. The van der Waals surface area contributed by atoms with E-state index in [4.69, 9.17) is 4.74 Å². The van der Waals surface area contributed by atoms with E-state index in [0.29, 0.717) is 23.6 Å². The number of ether oxygens (including phenoxy) is 1. The van der Waals surface area contributed by atoms with Gasteiger partial charge in [0.1, 0.15) is 12.4 Å². The Hall–Kier alpha value is -3.44. The molecule has 0 bridgehead atoms. The predicted molar refractivity (Wildman–Crippen MR) is 131 cm³/mol. The van der Waals surface area contributed by atoms with Crippen molar-refractivity contribution in [2.45, 2.75) is 53.4 Å². The number of amides is 1. The molecule has 5 heteroatoms. The first-order valence-corrected chi connectivity index (χ1v) is 11.3. The maximum absolute atomic E-state index is 13.5. The van der Waals surface area contributed by atoms with Crippen molar-refractivity contribution in [3.8, 4) is 5.75 Å². The number of hydrogen-bond donors (Lipinski definition) is 1. The Morgan fingerprint density at radius 1 is 1.03 bits per heavy atom. The Balaban J connectivity index is 1.45. The second-order valence-corrected chi connectivity index (χ2v) is 9.00. The number of hydrogen-bond acceptors (Lipinski definition) is 4. The SMILES string of the molecule is Cc1cc2c(cc1OCc1cc(CO)c(C)c(C)c1C)N=C[C@@H]1Cc3ccccc3N1C2=O. The summed E-state index contributed by atoms with van der Waals surface area (Å²) in [4.78, 5) is 20.0. The quantitative estimate of drug-likeness (QED) is 0.600. The van der Waals surface area contributed by atoms with Crippen molar-refractivity contribution in [3.63, 3.8) is 0 Å². The number of fused-ring (bicyclic) bond motifs is 4. The molecule has 0 spiro atoms. The first-order chi connectivity index (χ1) is 15.9. The largest absolute Gasteiger partial charge is 0.489 e. The number of aryl methyl sites for hydroxylation is 1. The van der Waals surface area contributed by atoms with Gasteiger partial charge in [-0.1, -0.05) is 18.2 Å². The number of aliphatic imine (C=N–C) groups is 1. The number of carbonyl (C=O) groups excluding carboxylic acids is 1. The number of benzene rings is 3. The van der Waals surface area contributed by atoms with E-state index in [0.717, 1.165) is 34.4 Å². The van der Waals surface area contributed by atoms with E-state index in [1.807, 2.05) is 61.4 Å². The summed E-state index contributed by atoms with van der Waals surface area (Å²) in [5.74, 6) is 0.689. The number of para-hydroxylation sites is 1. The standard InChI is InChI=1S/C28H28N2O3/c1-16-9-24-25(29-13-23-11-20-7-5-6-8-26(20)30(23)28(24)32)12-27(16)33-15-22-10-21(14-31)18(3)17(2)19(22)4/h5-10,12-13,23,31H,11,14-15H2,1-4H3/t23-/m0/s1. The number of aliphatic hydroxyl groups excluding tert-OH is 1. The van der Waals surface area contributed by atoms with Crippen LogP contribution >= 0.6 is 0 Å². The molecule has 1 amide bonds. The van der Waals surface area contributed by atoms with Crippen LogP contribution in [0.25, 0.3) is 0 Å². The molecule has 0 aliphatic carbocycles. The minimum atomic E-state index is -0.0675. The third kappa shape index (κ3) is 3.53. The monoisotopic (exact) mass is 440 g/mol. The zero-order valence-electron chi connectivity index (χ0n) is 19.5. The molecule has 5 rings (SSSR count). The molecular weight excluding hydrogens is 412 g/mol. The van der Waals surface area contributed by atoms with Crippen LogP contribution in [-0.4, -0.2) is 23.3 Å². The average molecular weight is 441 g/mol. The second-order valence-electron chi connectivity index (χ2n) is 9.00. The summed E-state index contributed by atoms with van der Waals surface area (Å²) >= 11 is 0. The molecular formula is C28H28N2O3. The molecule has 3 aromatic carbocycles. The van der Waals surface area contributed by atoms with Gasteiger partial charge >= 0.3 is 0 Å². The van der Waals surface area contributed by atoms with Crippen molar-refractivity contribution in [3.05, 3.63) is 87.0 Å². The molecule has 168 valence electrons. The molecule has 1 N–H and O–H groups in total.